The van der Waals surface area contributed by atoms with Gasteiger partial charge in [0, 0.05) is 23.9 Å². The van der Waals surface area contributed by atoms with Crippen LogP contribution in [-0.4, -0.2) is 50.1 Å². The number of rotatable bonds is 5. The fourth-order valence-electron chi connectivity index (χ4n) is 2.69. The molecule has 0 saturated carbocycles. The van der Waals surface area contributed by atoms with E-state index in [0.717, 1.165) is 22.8 Å². The smallest absolute Gasteiger partial charge is 0.253 e. The Balaban J connectivity index is 0.00000169. The number of hydrogen-bond donors (Lipinski definition) is 1. The van der Waals surface area contributed by atoms with Crippen molar-refractivity contribution in [1.29, 1.82) is 0 Å². The number of nitrogens with zero attached hydrogens (tertiary/aromatic N) is 2. The Morgan fingerprint density at radius 3 is 2.58 bits per heavy atom. The summed E-state index contributed by atoms with van der Waals surface area (Å²) in [6.07, 6.45) is 0. The van der Waals surface area contributed by atoms with Crippen molar-refractivity contribution < 1.29 is 9.53 Å². The van der Waals surface area contributed by atoms with Crippen LogP contribution in [0.1, 0.15) is 10.4 Å². The maximum atomic E-state index is 12.6. The van der Waals surface area contributed by atoms with E-state index in [1.807, 2.05) is 55.4 Å². The number of amides is 1. The number of fused-ring (bicyclic) bond motifs is 2. The van der Waals surface area contributed by atoms with Crippen LogP contribution in [-0.2, 0) is 0 Å². The summed E-state index contributed by atoms with van der Waals surface area (Å²) in [5.41, 5.74) is 2.09. The zero-order chi connectivity index (χ0) is 17.1. The van der Waals surface area contributed by atoms with E-state index in [4.69, 9.17) is 9.72 Å². The van der Waals surface area contributed by atoms with Crippen molar-refractivity contribution in [3.8, 4) is 5.75 Å². The molecule has 3 rings (SSSR count). The number of pyridine rings is 1. The molecule has 0 radical (unpaired) electrons. The van der Waals surface area contributed by atoms with Gasteiger partial charge in [0.05, 0.1) is 23.7 Å². The Bertz CT molecular complexity index is 900. The number of carbonyl (C=O) groups excluding carboxylic acids is 1. The van der Waals surface area contributed by atoms with Crippen LogP contribution in [0.2, 0.25) is 0 Å². The molecule has 0 saturated heterocycles. The topological polar surface area (TPSA) is 54.5 Å². The average Bonchev–Trinajstić information content (AvgIpc) is 2.58. The van der Waals surface area contributed by atoms with E-state index < -0.39 is 0 Å². The van der Waals surface area contributed by atoms with Crippen LogP contribution < -0.4 is 10.1 Å². The summed E-state index contributed by atoms with van der Waals surface area (Å²) in [6, 6.07) is 13.5. The monoisotopic (exact) mass is 395 g/mol. The molecule has 140 valence electrons. The number of methoxy groups -OCH3 is 1. The first-order valence-electron chi connectivity index (χ1n) is 7.89. The molecule has 1 N–H and O–H groups in total. The van der Waals surface area contributed by atoms with Crippen LogP contribution >= 0.6 is 24.8 Å². The van der Waals surface area contributed by atoms with Crippen LogP contribution in [0.4, 0.5) is 0 Å². The lowest BCUT2D eigenvalue weighted by Gasteiger charge is -2.13. The number of benzene rings is 2. The number of halogens is 2. The quantitative estimate of drug-likeness (QED) is 0.671. The normalized spacial score (nSPS) is 10.3. The number of para-hydroxylation sites is 1. The molecule has 0 unspecified atom stereocenters. The molecule has 0 atom stereocenters. The molecule has 3 aromatic rings. The molecule has 7 heteroatoms. The lowest BCUT2D eigenvalue weighted by Crippen LogP contribution is -2.31. The second-order valence-corrected chi connectivity index (χ2v) is 5.95. The standard InChI is InChI=1S/C19H21N3O2.2ClH/c1-22(2)11-10-20-19(23)14-8-9-17(24-3)15-12-13-6-4-5-7-16(13)21-18(14)15;;/h4-9,12H,10-11H2,1-3H3,(H,20,23);2*1H. The second-order valence-electron chi connectivity index (χ2n) is 5.95. The van der Waals surface area contributed by atoms with Crippen molar-refractivity contribution in [2.45, 2.75) is 0 Å². The van der Waals surface area contributed by atoms with Gasteiger partial charge in [-0.25, -0.2) is 4.98 Å². The molecule has 0 bridgehead atoms. The molecule has 1 aromatic heterocycles. The van der Waals surface area contributed by atoms with Gasteiger partial charge in [0.15, 0.2) is 0 Å². The van der Waals surface area contributed by atoms with Gasteiger partial charge in [0.2, 0.25) is 0 Å². The fourth-order valence-corrected chi connectivity index (χ4v) is 2.69. The Hall–Kier alpha value is -2.08. The van der Waals surface area contributed by atoms with Crippen LogP contribution in [0, 0.1) is 0 Å². The Kier molecular flexibility index (Phi) is 8.08. The maximum Gasteiger partial charge on any atom is 0.253 e. The summed E-state index contributed by atoms with van der Waals surface area (Å²) in [4.78, 5) is 19.3. The van der Waals surface area contributed by atoms with Gasteiger partial charge in [-0.2, -0.15) is 0 Å². The number of aromatic nitrogens is 1. The minimum atomic E-state index is -0.118. The SMILES string of the molecule is COc1ccc(C(=O)NCCN(C)C)c2nc3ccccc3cc12.Cl.Cl. The summed E-state index contributed by atoms with van der Waals surface area (Å²) >= 11 is 0. The van der Waals surface area contributed by atoms with E-state index >= 15 is 0 Å². The van der Waals surface area contributed by atoms with Crippen molar-refractivity contribution >= 4 is 52.5 Å². The highest BCUT2D eigenvalue weighted by atomic mass is 35.5. The van der Waals surface area contributed by atoms with Gasteiger partial charge in [0.1, 0.15) is 5.75 Å². The molecule has 0 aliphatic heterocycles. The van der Waals surface area contributed by atoms with Gasteiger partial charge in [-0.1, -0.05) is 18.2 Å². The molecule has 0 aliphatic carbocycles. The Labute approximate surface area is 165 Å². The molecular formula is C19H23Cl2N3O2. The van der Waals surface area contributed by atoms with E-state index in [1.165, 1.54) is 0 Å². The first-order valence-corrected chi connectivity index (χ1v) is 7.89. The summed E-state index contributed by atoms with van der Waals surface area (Å²) < 4.78 is 5.45. The summed E-state index contributed by atoms with van der Waals surface area (Å²) in [5.74, 6) is 0.598. The molecule has 26 heavy (non-hydrogen) atoms. The fraction of sp³-hybridized carbons (Fsp3) is 0.263. The molecule has 0 aliphatic rings. The Morgan fingerprint density at radius 1 is 1.15 bits per heavy atom. The highest BCUT2D eigenvalue weighted by Crippen LogP contribution is 2.30. The Morgan fingerprint density at radius 2 is 1.88 bits per heavy atom. The molecule has 0 spiro atoms. The summed E-state index contributed by atoms with van der Waals surface area (Å²) in [7, 11) is 5.58. The molecule has 5 nitrogen and oxygen atoms in total. The molecule has 1 amide bonds. The predicted molar refractivity (Wildman–Crippen MR) is 111 cm³/mol. The minimum absolute atomic E-state index is 0. The number of likely N-dealkylation sites (N-methyl/N-ethyl adjacent to an activating group) is 1. The summed E-state index contributed by atoms with van der Waals surface area (Å²) in [5, 5.41) is 4.81. The van der Waals surface area contributed by atoms with Crippen molar-refractivity contribution in [3.05, 3.63) is 48.0 Å². The zero-order valence-corrected chi connectivity index (χ0v) is 16.6. The molecule has 0 fully saturated rings. The molecular weight excluding hydrogens is 373 g/mol. The van der Waals surface area contributed by atoms with E-state index in [-0.39, 0.29) is 30.7 Å². The average molecular weight is 396 g/mol. The van der Waals surface area contributed by atoms with Gasteiger partial charge in [0.25, 0.3) is 5.91 Å². The number of ether oxygens (including phenoxy) is 1. The third-order valence-corrected chi connectivity index (χ3v) is 3.96. The lowest BCUT2D eigenvalue weighted by atomic mass is 10.1. The van der Waals surface area contributed by atoms with Gasteiger partial charge in [-0.05, 0) is 38.4 Å². The highest BCUT2D eigenvalue weighted by Gasteiger charge is 2.15. The van der Waals surface area contributed by atoms with Crippen LogP contribution in [0.15, 0.2) is 42.5 Å². The zero-order valence-electron chi connectivity index (χ0n) is 15.0. The van der Waals surface area contributed by atoms with Crippen molar-refractivity contribution in [2.24, 2.45) is 0 Å². The number of hydrogen-bond acceptors (Lipinski definition) is 4. The van der Waals surface area contributed by atoms with Crippen LogP contribution in [0.25, 0.3) is 21.8 Å². The van der Waals surface area contributed by atoms with Gasteiger partial charge in [-0.3, -0.25) is 4.79 Å². The van der Waals surface area contributed by atoms with Crippen molar-refractivity contribution in [1.82, 2.24) is 15.2 Å². The van der Waals surface area contributed by atoms with E-state index in [9.17, 15) is 4.79 Å². The molecule has 1 heterocycles. The third-order valence-electron chi connectivity index (χ3n) is 3.96. The van der Waals surface area contributed by atoms with E-state index in [1.54, 1.807) is 13.2 Å². The predicted octanol–water partition coefficient (Wildman–Crippen LogP) is 3.53. The summed E-state index contributed by atoms with van der Waals surface area (Å²) in [6.45, 7) is 1.38. The number of carbonyl (C=O) groups is 1. The van der Waals surface area contributed by atoms with Crippen LogP contribution in [0.5, 0.6) is 5.75 Å². The third kappa shape index (κ3) is 4.55. The first kappa shape index (κ1) is 22.0. The van der Waals surface area contributed by atoms with Crippen molar-refractivity contribution in [3.63, 3.8) is 0 Å². The minimum Gasteiger partial charge on any atom is -0.496 e. The number of nitrogens with one attached hydrogen (secondary N) is 1. The van der Waals surface area contributed by atoms with E-state index in [0.29, 0.717) is 23.4 Å². The largest absolute Gasteiger partial charge is 0.496 e. The maximum absolute atomic E-state index is 12.6. The first-order chi connectivity index (χ1) is 11.6. The van der Waals surface area contributed by atoms with E-state index in [2.05, 4.69) is 5.32 Å². The lowest BCUT2D eigenvalue weighted by molar-refractivity contribution is 0.0952. The second kappa shape index (κ2) is 9.57. The highest BCUT2D eigenvalue weighted by molar-refractivity contribution is 6.09. The van der Waals surface area contributed by atoms with Gasteiger partial charge < -0.3 is 15.0 Å². The van der Waals surface area contributed by atoms with Gasteiger partial charge in [-0.15, -0.1) is 24.8 Å². The van der Waals surface area contributed by atoms with Gasteiger partial charge >= 0.3 is 0 Å². The van der Waals surface area contributed by atoms with Crippen LogP contribution in [0.3, 0.4) is 0 Å². The molecule has 2 aromatic carbocycles. The van der Waals surface area contributed by atoms with Crippen molar-refractivity contribution in [2.75, 3.05) is 34.3 Å².